The first-order valence-electron chi connectivity index (χ1n) is 8.11. The molecule has 0 bridgehead atoms. The summed E-state index contributed by atoms with van der Waals surface area (Å²) in [6.45, 7) is 7.65. The Morgan fingerprint density at radius 1 is 1.22 bits per heavy atom. The number of piperidine rings is 1. The number of nitrogens with one attached hydrogen (secondary N) is 1. The van der Waals surface area contributed by atoms with Crippen LogP contribution in [0.25, 0.3) is 0 Å². The van der Waals surface area contributed by atoms with E-state index < -0.39 is 0 Å². The van der Waals surface area contributed by atoms with Crippen LogP contribution in [0.15, 0.2) is 36.9 Å². The molecule has 1 aromatic rings. The first kappa shape index (κ1) is 17.1. The highest BCUT2D eigenvalue weighted by Crippen LogP contribution is 2.21. The van der Waals surface area contributed by atoms with Crippen LogP contribution in [0.4, 0.5) is 11.4 Å². The third-order valence-electron chi connectivity index (χ3n) is 4.00. The fourth-order valence-electron chi connectivity index (χ4n) is 2.74. The number of hydrogen-bond donors (Lipinski definition) is 1. The predicted molar refractivity (Wildman–Crippen MR) is 93.6 cm³/mol. The van der Waals surface area contributed by atoms with Crippen molar-refractivity contribution in [1.82, 2.24) is 4.90 Å². The number of anilines is 2. The molecule has 1 heterocycles. The molecule has 2 rings (SSSR count). The van der Waals surface area contributed by atoms with E-state index >= 15 is 0 Å². The second kappa shape index (κ2) is 8.36. The van der Waals surface area contributed by atoms with Gasteiger partial charge in [0.05, 0.1) is 0 Å². The number of rotatable bonds is 6. The van der Waals surface area contributed by atoms with Crippen molar-refractivity contribution in [2.75, 3.05) is 36.4 Å². The number of benzene rings is 1. The van der Waals surface area contributed by atoms with Crippen LogP contribution in [-0.2, 0) is 9.59 Å². The van der Waals surface area contributed by atoms with Gasteiger partial charge in [0.1, 0.15) is 6.54 Å². The van der Waals surface area contributed by atoms with Gasteiger partial charge >= 0.3 is 0 Å². The Labute approximate surface area is 138 Å². The van der Waals surface area contributed by atoms with E-state index in [9.17, 15) is 9.59 Å². The summed E-state index contributed by atoms with van der Waals surface area (Å²) in [7, 11) is 0. The summed E-state index contributed by atoms with van der Waals surface area (Å²) in [4.78, 5) is 27.3. The number of hydrogen-bond acceptors (Lipinski definition) is 3. The smallest absolute Gasteiger partial charge is 0.244 e. The summed E-state index contributed by atoms with van der Waals surface area (Å²) >= 11 is 0. The molecular weight excluding hydrogens is 290 g/mol. The molecule has 0 spiro atoms. The Balaban J connectivity index is 1.90. The van der Waals surface area contributed by atoms with Gasteiger partial charge in [0.15, 0.2) is 0 Å². The highest BCUT2D eigenvalue weighted by atomic mass is 16.2. The Morgan fingerprint density at radius 2 is 1.87 bits per heavy atom. The van der Waals surface area contributed by atoms with Gasteiger partial charge in [-0.1, -0.05) is 6.08 Å². The normalized spacial score (nSPS) is 14.2. The fourth-order valence-corrected chi connectivity index (χ4v) is 2.74. The van der Waals surface area contributed by atoms with E-state index in [-0.39, 0.29) is 18.4 Å². The molecule has 5 heteroatoms. The maximum absolute atomic E-state index is 12.0. The second-order valence-electron chi connectivity index (χ2n) is 5.83. The lowest BCUT2D eigenvalue weighted by Crippen LogP contribution is -2.36. The summed E-state index contributed by atoms with van der Waals surface area (Å²) in [5.41, 5.74) is 1.94. The van der Waals surface area contributed by atoms with Crippen LogP contribution in [0.2, 0.25) is 0 Å². The number of nitrogens with zero attached hydrogens (tertiary/aromatic N) is 2. The standard InChI is InChI=1S/C18H25N3O2/c1-3-11-21(15(2)22)14-18(23)19-16-7-9-17(10-8-16)20-12-5-4-6-13-20/h3,7-10H,1,4-6,11-14H2,2H3,(H,19,23). The monoisotopic (exact) mass is 315 g/mol. The van der Waals surface area contributed by atoms with E-state index in [1.165, 1.54) is 36.8 Å². The van der Waals surface area contributed by atoms with Gasteiger partial charge in [0, 0.05) is 37.9 Å². The lowest BCUT2D eigenvalue weighted by molar-refractivity contribution is -0.132. The summed E-state index contributed by atoms with van der Waals surface area (Å²) in [6, 6.07) is 7.89. The highest BCUT2D eigenvalue weighted by molar-refractivity contribution is 5.94. The molecule has 0 aromatic heterocycles. The van der Waals surface area contributed by atoms with E-state index in [0.717, 1.165) is 18.8 Å². The number of amides is 2. The maximum Gasteiger partial charge on any atom is 0.244 e. The first-order valence-corrected chi connectivity index (χ1v) is 8.11. The summed E-state index contributed by atoms with van der Waals surface area (Å²) in [5, 5.41) is 2.83. The van der Waals surface area contributed by atoms with Crippen molar-refractivity contribution in [1.29, 1.82) is 0 Å². The van der Waals surface area contributed by atoms with Crippen molar-refractivity contribution in [2.24, 2.45) is 0 Å². The molecule has 5 nitrogen and oxygen atoms in total. The summed E-state index contributed by atoms with van der Waals surface area (Å²) in [6.07, 6.45) is 5.40. The van der Waals surface area contributed by atoms with Gasteiger partial charge in [-0.05, 0) is 43.5 Å². The third-order valence-corrected chi connectivity index (χ3v) is 4.00. The summed E-state index contributed by atoms with van der Waals surface area (Å²) < 4.78 is 0. The van der Waals surface area contributed by atoms with Crippen molar-refractivity contribution in [3.63, 3.8) is 0 Å². The average Bonchev–Trinajstić information content (AvgIpc) is 2.56. The van der Waals surface area contributed by atoms with Crippen LogP contribution in [0.1, 0.15) is 26.2 Å². The molecule has 1 aliphatic rings. The highest BCUT2D eigenvalue weighted by Gasteiger charge is 2.13. The molecule has 0 saturated carbocycles. The third kappa shape index (κ3) is 5.13. The van der Waals surface area contributed by atoms with E-state index in [1.807, 2.05) is 24.3 Å². The Hall–Kier alpha value is -2.30. The van der Waals surface area contributed by atoms with Crippen molar-refractivity contribution in [3.8, 4) is 0 Å². The van der Waals surface area contributed by atoms with Crippen molar-refractivity contribution in [2.45, 2.75) is 26.2 Å². The topological polar surface area (TPSA) is 52.7 Å². The molecule has 1 aromatic carbocycles. The molecule has 0 radical (unpaired) electrons. The molecule has 1 saturated heterocycles. The van der Waals surface area contributed by atoms with Gasteiger partial charge in [-0.3, -0.25) is 9.59 Å². The molecule has 1 aliphatic heterocycles. The second-order valence-corrected chi connectivity index (χ2v) is 5.83. The SMILES string of the molecule is C=CCN(CC(=O)Nc1ccc(N2CCCCC2)cc1)C(C)=O. The largest absolute Gasteiger partial charge is 0.372 e. The molecule has 1 fully saturated rings. The molecular formula is C18H25N3O2. The van der Waals surface area contributed by atoms with Crippen LogP contribution in [0.5, 0.6) is 0 Å². The van der Waals surface area contributed by atoms with E-state index in [0.29, 0.717) is 6.54 Å². The molecule has 0 aliphatic carbocycles. The molecule has 0 atom stereocenters. The lowest BCUT2D eigenvalue weighted by Gasteiger charge is -2.28. The molecule has 23 heavy (non-hydrogen) atoms. The fraction of sp³-hybridized carbons (Fsp3) is 0.444. The average molecular weight is 315 g/mol. The Morgan fingerprint density at radius 3 is 2.43 bits per heavy atom. The zero-order valence-corrected chi connectivity index (χ0v) is 13.8. The van der Waals surface area contributed by atoms with Crippen LogP contribution < -0.4 is 10.2 Å². The zero-order valence-electron chi connectivity index (χ0n) is 13.8. The van der Waals surface area contributed by atoms with Crippen LogP contribution >= 0.6 is 0 Å². The van der Waals surface area contributed by atoms with Gasteiger partial charge < -0.3 is 15.1 Å². The van der Waals surface area contributed by atoms with Gasteiger partial charge in [0.25, 0.3) is 0 Å². The van der Waals surface area contributed by atoms with Crippen LogP contribution in [0, 0.1) is 0 Å². The van der Waals surface area contributed by atoms with Gasteiger partial charge in [-0.15, -0.1) is 6.58 Å². The Kier molecular flexibility index (Phi) is 6.20. The van der Waals surface area contributed by atoms with Crippen molar-refractivity contribution >= 4 is 23.2 Å². The van der Waals surface area contributed by atoms with Crippen LogP contribution in [0.3, 0.4) is 0 Å². The summed E-state index contributed by atoms with van der Waals surface area (Å²) in [5.74, 6) is -0.340. The van der Waals surface area contributed by atoms with Gasteiger partial charge in [-0.25, -0.2) is 0 Å². The Bertz CT molecular complexity index is 548. The lowest BCUT2D eigenvalue weighted by atomic mass is 10.1. The molecule has 124 valence electrons. The first-order chi connectivity index (χ1) is 11.1. The van der Waals surface area contributed by atoms with Crippen LogP contribution in [-0.4, -0.2) is 42.9 Å². The van der Waals surface area contributed by atoms with E-state index in [1.54, 1.807) is 6.08 Å². The van der Waals surface area contributed by atoms with E-state index in [2.05, 4.69) is 16.8 Å². The van der Waals surface area contributed by atoms with Gasteiger partial charge in [0.2, 0.25) is 11.8 Å². The zero-order chi connectivity index (χ0) is 16.7. The van der Waals surface area contributed by atoms with Crippen molar-refractivity contribution < 1.29 is 9.59 Å². The number of carbonyl (C=O) groups is 2. The van der Waals surface area contributed by atoms with Gasteiger partial charge in [-0.2, -0.15) is 0 Å². The minimum Gasteiger partial charge on any atom is -0.372 e. The molecule has 2 amide bonds. The maximum atomic E-state index is 12.0. The quantitative estimate of drug-likeness (QED) is 0.821. The molecule has 0 unspecified atom stereocenters. The molecule has 1 N–H and O–H groups in total. The number of carbonyl (C=O) groups excluding carboxylic acids is 2. The predicted octanol–water partition coefficient (Wildman–Crippen LogP) is 2.65. The minimum atomic E-state index is -0.201. The minimum absolute atomic E-state index is 0.0369. The van der Waals surface area contributed by atoms with E-state index in [4.69, 9.17) is 0 Å². The van der Waals surface area contributed by atoms with Crippen molar-refractivity contribution in [3.05, 3.63) is 36.9 Å².